The van der Waals surface area contributed by atoms with Crippen LogP contribution in [0.3, 0.4) is 0 Å². The SMILES string of the molecule is Nc1cc(Cl)c(C(F)(F)F)c(C2=NC3OCC4(CCC4)[C@H]4CCCN4C4=NC(OC[C@@]56CCCN5C[C@H](F)C6)=NC(=C2F)C43)c1. The monoisotopic (exact) mass is 652 g/mol. The number of alkyl halides is 4. The minimum atomic E-state index is -4.91. The van der Waals surface area contributed by atoms with Gasteiger partial charge >= 0.3 is 12.2 Å². The Morgan fingerprint density at radius 3 is 2.69 bits per heavy atom. The van der Waals surface area contributed by atoms with Crippen LogP contribution in [0.4, 0.5) is 27.6 Å². The van der Waals surface area contributed by atoms with E-state index >= 15 is 4.39 Å². The molecule has 0 bridgehead atoms. The maximum Gasteiger partial charge on any atom is 0.418 e. The molecule has 6 heterocycles. The van der Waals surface area contributed by atoms with Crippen LogP contribution in [0.25, 0.3) is 0 Å². The zero-order chi connectivity index (χ0) is 31.3. The number of fused-ring (bicyclic) bond motifs is 4. The van der Waals surface area contributed by atoms with Gasteiger partial charge in [0.25, 0.3) is 0 Å². The summed E-state index contributed by atoms with van der Waals surface area (Å²) < 4.78 is 86.8. The number of aliphatic imine (C=N–C) groups is 3. The molecular formula is C31H34ClF5N6O2. The molecule has 14 heteroatoms. The summed E-state index contributed by atoms with van der Waals surface area (Å²) in [5.41, 5.74) is 2.65. The minimum absolute atomic E-state index is 0.0703. The molecule has 5 atom stereocenters. The Bertz CT molecular complexity index is 1560. The zero-order valence-electron chi connectivity index (χ0n) is 24.6. The van der Waals surface area contributed by atoms with Gasteiger partial charge in [-0.05, 0) is 57.2 Å². The number of hydrogen-bond acceptors (Lipinski definition) is 8. The molecule has 1 aliphatic carbocycles. The van der Waals surface area contributed by atoms with Gasteiger partial charge in [-0.1, -0.05) is 18.0 Å². The molecule has 0 radical (unpaired) electrons. The summed E-state index contributed by atoms with van der Waals surface area (Å²) in [5.74, 6) is -1.42. The molecular weight excluding hydrogens is 619 g/mol. The summed E-state index contributed by atoms with van der Waals surface area (Å²) in [6.45, 7) is 2.27. The van der Waals surface area contributed by atoms with E-state index in [4.69, 9.17) is 31.8 Å². The maximum absolute atomic E-state index is 16.7. The van der Waals surface area contributed by atoms with Gasteiger partial charge < -0.3 is 20.1 Å². The van der Waals surface area contributed by atoms with Crippen molar-refractivity contribution in [1.29, 1.82) is 0 Å². The summed E-state index contributed by atoms with van der Waals surface area (Å²) >= 11 is 6.05. The van der Waals surface area contributed by atoms with Crippen molar-refractivity contribution in [2.45, 2.75) is 81.5 Å². The van der Waals surface area contributed by atoms with Crippen molar-refractivity contribution in [1.82, 2.24) is 9.80 Å². The highest BCUT2D eigenvalue weighted by molar-refractivity contribution is 6.32. The van der Waals surface area contributed by atoms with Gasteiger partial charge in [-0.25, -0.2) is 13.8 Å². The van der Waals surface area contributed by atoms with Gasteiger partial charge in [-0.15, -0.1) is 0 Å². The van der Waals surface area contributed by atoms with Crippen molar-refractivity contribution in [3.8, 4) is 0 Å². The van der Waals surface area contributed by atoms with Crippen molar-refractivity contribution in [2.75, 3.05) is 38.6 Å². The van der Waals surface area contributed by atoms with E-state index in [1.807, 2.05) is 0 Å². The van der Waals surface area contributed by atoms with E-state index in [1.54, 1.807) is 0 Å². The van der Waals surface area contributed by atoms with Crippen molar-refractivity contribution in [3.63, 3.8) is 0 Å². The maximum atomic E-state index is 16.7. The number of anilines is 1. The Labute approximate surface area is 262 Å². The molecule has 1 aromatic carbocycles. The molecule has 2 N–H and O–H groups in total. The number of ether oxygens (including phenoxy) is 2. The third-order valence-corrected chi connectivity index (χ3v) is 11.3. The van der Waals surface area contributed by atoms with Crippen LogP contribution in [0.15, 0.2) is 38.6 Å². The van der Waals surface area contributed by atoms with Gasteiger partial charge in [-0.2, -0.15) is 23.2 Å². The fourth-order valence-electron chi connectivity index (χ4n) is 8.83. The number of nitrogens with zero attached hydrogens (tertiary/aromatic N) is 5. The lowest BCUT2D eigenvalue weighted by molar-refractivity contribution is -0.137. The molecule has 45 heavy (non-hydrogen) atoms. The molecule has 6 aliphatic heterocycles. The highest BCUT2D eigenvalue weighted by atomic mass is 35.5. The molecule has 7 aliphatic rings. The average Bonchev–Trinajstić information content (AvgIpc) is 3.64. The second kappa shape index (κ2) is 10.4. The van der Waals surface area contributed by atoms with Gasteiger partial charge in [0.05, 0.1) is 28.4 Å². The first-order valence-electron chi connectivity index (χ1n) is 15.7. The molecule has 242 valence electrons. The molecule has 5 fully saturated rings. The zero-order valence-corrected chi connectivity index (χ0v) is 25.3. The second-order valence-electron chi connectivity index (χ2n) is 13.6. The van der Waals surface area contributed by atoms with E-state index in [1.165, 1.54) is 0 Å². The van der Waals surface area contributed by atoms with Crippen LogP contribution < -0.4 is 5.73 Å². The first kappa shape index (κ1) is 29.6. The smallest absolute Gasteiger partial charge is 0.418 e. The molecule has 0 aromatic heterocycles. The highest BCUT2D eigenvalue weighted by Gasteiger charge is 2.56. The second-order valence-corrected chi connectivity index (χ2v) is 14.0. The number of amidine groups is 2. The number of nitrogen functional groups attached to an aromatic ring is 1. The van der Waals surface area contributed by atoms with Crippen molar-refractivity contribution in [3.05, 3.63) is 39.8 Å². The largest absolute Gasteiger partial charge is 0.461 e. The Morgan fingerprint density at radius 1 is 1.11 bits per heavy atom. The number of benzene rings is 1. The van der Waals surface area contributed by atoms with E-state index in [9.17, 15) is 17.6 Å². The summed E-state index contributed by atoms with van der Waals surface area (Å²) in [6.07, 6.45) is -0.180. The van der Waals surface area contributed by atoms with E-state index < -0.39 is 57.7 Å². The van der Waals surface area contributed by atoms with Crippen molar-refractivity contribution in [2.24, 2.45) is 26.3 Å². The van der Waals surface area contributed by atoms with Crippen LogP contribution >= 0.6 is 11.6 Å². The Morgan fingerprint density at radius 2 is 1.93 bits per heavy atom. The summed E-state index contributed by atoms with van der Waals surface area (Å²) in [7, 11) is 0. The summed E-state index contributed by atoms with van der Waals surface area (Å²) in [4.78, 5) is 18.1. The quantitative estimate of drug-likeness (QED) is 0.325. The number of nitrogens with two attached hydrogens (primary N) is 1. The van der Waals surface area contributed by atoms with E-state index in [0.717, 1.165) is 63.6 Å². The molecule has 2 unspecified atom stereocenters. The van der Waals surface area contributed by atoms with Gasteiger partial charge in [0, 0.05) is 42.2 Å². The first-order valence-corrected chi connectivity index (χ1v) is 16.1. The van der Waals surface area contributed by atoms with E-state index in [-0.39, 0.29) is 35.5 Å². The lowest BCUT2D eigenvalue weighted by Gasteiger charge is -2.53. The normalized spacial score (nSPS) is 33.9. The van der Waals surface area contributed by atoms with Crippen LogP contribution in [-0.4, -0.2) is 84.2 Å². The van der Waals surface area contributed by atoms with E-state index in [2.05, 4.69) is 19.8 Å². The third kappa shape index (κ3) is 4.62. The number of dihydropyridines is 1. The highest BCUT2D eigenvalue weighted by Crippen LogP contribution is 2.53. The molecule has 1 saturated carbocycles. The Kier molecular flexibility index (Phi) is 6.82. The van der Waals surface area contributed by atoms with Crippen LogP contribution in [0, 0.1) is 11.3 Å². The Balaban J connectivity index is 1.25. The molecule has 1 aromatic rings. The van der Waals surface area contributed by atoms with Crippen molar-refractivity contribution >= 4 is 34.9 Å². The molecule has 0 amide bonds. The first-order chi connectivity index (χ1) is 21.5. The fourth-order valence-corrected chi connectivity index (χ4v) is 9.16. The fraction of sp³-hybridized carbons (Fsp3) is 0.645. The standard InChI is InChI=1S/C31H34ClF5N6O2/c32-19-11-17(38)10-18(22(19)31(35,36)37)24-23(34)25-21-26(41-28(40-25)45-15-30-7-3-8-42(30)13-16(33)12-30)43-9-1-4-20(43)29(5-2-6-29)14-44-27(21)39-24/h10-11,16,20-21,27H,1-9,12-15,38H2/t16-,20-,21?,27?,30+/m1/s1. The van der Waals surface area contributed by atoms with Crippen LogP contribution in [0.2, 0.25) is 5.02 Å². The number of halogens is 6. The van der Waals surface area contributed by atoms with Crippen LogP contribution in [0.5, 0.6) is 0 Å². The minimum Gasteiger partial charge on any atom is -0.461 e. The van der Waals surface area contributed by atoms with Crippen molar-refractivity contribution < 1.29 is 31.4 Å². The van der Waals surface area contributed by atoms with Crippen LogP contribution in [-0.2, 0) is 15.7 Å². The van der Waals surface area contributed by atoms with E-state index in [0.29, 0.717) is 32.0 Å². The number of hydrogen-bond donors (Lipinski definition) is 1. The summed E-state index contributed by atoms with van der Waals surface area (Å²) in [5, 5.41) is -0.659. The predicted molar refractivity (Wildman–Crippen MR) is 159 cm³/mol. The number of rotatable bonds is 3. The number of allylic oxidation sites excluding steroid dienone is 1. The lowest BCUT2D eigenvalue weighted by atomic mass is 9.63. The van der Waals surface area contributed by atoms with Gasteiger partial charge in [0.1, 0.15) is 30.2 Å². The average molecular weight is 653 g/mol. The molecule has 1 spiro atoms. The van der Waals surface area contributed by atoms with Gasteiger partial charge in [-0.3, -0.25) is 4.90 Å². The summed E-state index contributed by atoms with van der Waals surface area (Å²) in [6, 6.07) is 2.04. The van der Waals surface area contributed by atoms with Gasteiger partial charge in [0.15, 0.2) is 12.1 Å². The molecule has 4 saturated heterocycles. The Hall–Kier alpha value is -2.77. The van der Waals surface area contributed by atoms with Gasteiger partial charge in [0.2, 0.25) is 0 Å². The third-order valence-electron chi connectivity index (χ3n) is 11.0. The topological polar surface area (TPSA) is 88.0 Å². The van der Waals surface area contributed by atoms with Crippen LogP contribution in [0.1, 0.15) is 62.5 Å². The molecule has 8 rings (SSSR count). The molecule has 8 nitrogen and oxygen atoms in total. The predicted octanol–water partition coefficient (Wildman–Crippen LogP) is 5.89. The lowest BCUT2D eigenvalue weighted by Crippen LogP contribution is -2.59.